The SMILES string of the molecule is N#Cc1ccc2c(c1)CCC(c1ccccc1F)=C2CCO. The average molecular weight is 293 g/mol. The molecule has 0 heterocycles. The predicted molar refractivity (Wildman–Crippen MR) is 84.4 cm³/mol. The van der Waals surface area contributed by atoms with Crippen molar-refractivity contribution in [1.29, 1.82) is 5.26 Å². The van der Waals surface area contributed by atoms with Gasteiger partial charge in [-0.3, -0.25) is 0 Å². The smallest absolute Gasteiger partial charge is 0.130 e. The molecule has 22 heavy (non-hydrogen) atoms. The first-order valence-electron chi connectivity index (χ1n) is 7.35. The van der Waals surface area contributed by atoms with Crippen molar-refractivity contribution >= 4 is 11.1 Å². The fraction of sp³-hybridized carbons (Fsp3) is 0.211. The number of nitriles is 1. The van der Waals surface area contributed by atoms with Crippen LogP contribution in [0.25, 0.3) is 11.1 Å². The van der Waals surface area contributed by atoms with Crippen LogP contribution in [0.3, 0.4) is 0 Å². The Hall–Kier alpha value is -2.44. The van der Waals surface area contributed by atoms with Gasteiger partial charge in [0.05, 0.1) is 11.6 Å². The Kier molecular flexibility index (Phi) is 4.04. The summed E-state index contributed by atoms with van der Waals surface area (Å²) in [5.74, 6) is -0.231. The van der Waals surface area contributed by atoms with Gasteiger partial charge in [0.1, 0.15) is 5.82 Å². The first-order chi connectivity index (χ1) is 10.7. The fourth-order valence-electron chi connectivity index (χ4n) is 3.14. The monoisotopic (exact) mass is 293 g/mol. The van der Waals surface area contributed by atoms with Gasteiger partial charge in [0.25, 0.3) is 0 Å². The molecule has 0 aromatic heterocycles. The largest absolute Gasteiger partial charge is 0.396 e. The maximum absolute atomic E-state index is 14.1. The molecule has 0 radical (unpaired) electrons. The predicted octanol–water partition coefficient (Wildman–Crippen LogP) is 3.94. The summed E-state index contributed by atoms with van der Waals surface area (Å²) in [6.45, 7) is 0.0206. The lowest BCUT2D eigenvalue weighted by atomic mass is 9.81. The van der Waals surface area contributed by atoms with Crippen molar-refractivity contribution in [1.82, 2.24) is 0 Å². The van der Waals surface area contributed by atoms with Crippen LogP contribution >= 0.6 is 0 Å². The van der Waals surface area contributed by atoms with Crippen molar-refractivity contribution in [2.24, 2.45) is 0 Å². The van der Waals surface area contributed by atoms with Gasteiger partial charge in [-0.05, 0) is 59.7 Å². The van der Waals surface area contributed by atoms with Crippen LogP contribution in [0.1, 0.15) is 35.1 Å². The fourth-order valence-corrected chi connectivity index (χ4v) is 3.14. The number of aliphatic hydroxyl groups excluding tert-OH is 1. The standard InChI is InChI=1S/C19H16FNO/c20-19-4-2-1-3-18(19)16-8-6-14-11-13(12-21)5-7-15(14)17(16)9-10-22/h1-5,7,11,22H,6,8-10H2. The molecule has 0 saturated heterocycles. The number of fused-ring (bicyclic) bond motifs is 1. The molecule has 0 saturated carbocycles. The molecule has 0 amide bonds. The molecule has 3 rings (SSSR count). The summed E-state index contributed by atoms with van der Waals surface area (Å²) >= 11 is 0. The Morgan fingerprint density at radius 2 is 1.91 bits per heavy atom. The van der Waals surface area contributed by atoms with Crippen LogP contribution in [-0.2, 0) is 6.42 Å². The van der Waals surface area contributed by atoms with E-state index in [1.807, 2.05) is 18.2 Å². The van der Waals surface area contributed by atoms with Crippen LogP contribution in [0, 0.1) is 17.1 Å². The highest BCUT2D eigenvalue weighted by Gasteiger charge is 2.21. The van der Waals surface area contributed by atoms with Crippen LogP contribution in [0.5, 0.6) is 0 Å². The summed E-state index contributed by atoms with van der Waals surface area (Å²) in [6, 6.07) is 14.5. The highest BCUT2D eigenvalue weighted by Crippen LogP contribution is 2.39. The number of hydrogen-bond donors (Lipinski definition) is 1. The summed E-state index contributed by atoms with van der Waals surface area (Å²) in [7, 11) is 0. The highest BCUT2D eigenvalue weighted by molar-refractivity contribution is 5.93. The van der Waals surface area contributed by atoms with E-state index < -0.39 is 0 Å². The summed E-state index contributed by atoms with van der Waals surface area (Å²) in [5.41, 5.74) is 5.32. The van der Waals surface area contributed by atoms with E-state index in [-0.39, 0.29) is 12.4 Å². The number of halogens is 1. The van der Waals surface area contributed by atoms with Crippen LogP contribution < -0.4 is 0 Å². The van der Waals surface area contributed by atoms with Crippen LogP contribution in [0.15, 0.2) is 42.5 Å². The van der Waals surface area contributed by atoms with Crippen molar-refractivity contribution in [3.63, 3.8) is 0 Å². The molecule has 2 aromatic rings. The minimum atomic E-state index is -0.231. The molecule has 0 aliphatic heterocycles. The van der Waals surface area contributed by atoms with Crippen molar-refractivity contribution < 1.29 is 9.50 Å². The van der Waals surface area contributed by atoms with Crippen LogP contribution in [-0.4, -0.2) is 11.7 Å². The highest BCUT2D eigenvalue weighted by atomic mass is 19.1. The van der Waals surface area contributed by atoms with Crippen molar-refractivity contribution in [2.45, 2.75) is 19.3 Å². The summed E-state index contributed by atoms with van der Waals surface area (Å²) in [5, 5.41) is 18.4. The molecular weight excluding hydrogens is 277 g/mol. The lowest BCUT2D eigenvalue weighted by molar-refractivity contribution is 0.305. The number of allylic oxidation sites excluding steroid dienone is 1. The molecular formula is C19H16FNO. The van der Waals surface area contributed by atoms with Gasteiger partial charge >= 0.3 is 0 Å². The van der Waals surface area contributed by atoms with Gasteiger partial charge < -0.3 is 5.11 Å². The molecule has 0 spiro atoms. The Morgan fingerprint density at radius 3 is 2.64 bits per heavy atom. The molecule has 3 heteroatoms. The van der Waals surface area contributed by atoms with E-state index >= 15 is 0 Å². The number of benzene rings is 2. The quantitative estimate of drug-likeness (QED) is 0.931. The molecule has 2 nitrogen and oxygen atoms in total. The lowest BCUT2D eigenvalue weighted by Gasteiger charge is -2.24. The van der Waals surface area contributed by atoms with Gasteiger partial charge in [-0.25, -0.2) is 4.39 Å². The Labute approximate surface area is 129 Å². The molecule has 0 bridgehead atoms. The molecule has 1 aliphatic carbocycles. The zero-order valence-electron chi connectivity index (χ0n) is 12.1. The average Bonchev–Trinajstić information content (AvgIpc) is 2.55. The van der Waals surface area contributed by atoms with E-state index in [9.17, 15) is 9.50 Å². The maximum Gasteiger partial charge on any atom is 0.130 e. The Bertz CT molecular complexity index is 786. The molecule has 0 unspecified atom stereocenters. The first-order valence-corrected chi connectivity index (χ1v) is 7.35. The number of hydrogen-bond acceptors (Lipinski definition) is 2. The topological polar surface area (TPSA) is 44.0 Å². The van der Waals surface area contributed by atoms with Crippen molar-refractivity contribution in [2.75, 3.05) is 6.61 Å². The van der Waals surface area contributed by atoms with Crippen LogP contribution in [0.4, 0.5) is 4.39 Å². The Morgan fingerprint density at radius 1 is 1.09 bits per heavy atom. The normalized spacial score (nSPS) is 13.7. The van der Waals surface area contributed by atoms with Gasteiger partial charge in [-0.1, -0.05) is 24.3 Å². The zero-order valence-corrected chi connectivity index (χ0v) is 12.1. The van der Waals surface area contributed by atoms with E-state index in [0.717, 1.165) is 35.1 Å². The third-order valence-electron chi connectivity index (χ3n) is 4.13. The van der Waals surface area contributed by atoms with Gasteiger partial charge in [0.2, 0.25) is 0 Å². The van der Waals surface area contributed by atoms with Gasteiger partial charge in [0.15, 0.2) is 0 Å². The number of aliphatic hydroxyl groups is 1. The van der Waals surface area contributed by atoms with Crippen LogP contribution in [0.2, 0.25) is 0 Å². The second-order valence-electron chi connectivity index (χ2n) is 5.39. The first kappa shape index (κ1) is 14.5. The summed E-state index contributed by atoms with van der Waals surface area (Å²) in [4.78, 5) is 0. The zero-order chi connectivity index (χ0) is 15.5. The second-order valence-corrected chi connectivity index (χ2v) is 5.39. The van der Waals surface area contributed by atoms with E-state index in [1.165, 1.54) is 6.07 Å². The minimum Gasteiger partial charge on any atom is -0.396 e. The molecule has 0 atom stereocenters. The molecule has 110 valence electrons. The third kappa shape index (κ3) is 2.54. The molecule has 1 N–H and O–H groups in total. The summed E-state index contributed by atoms with van der Waals surface area (Å²) < 4.78 is 14.1. The van der Waals surface area contributed by atoms with E-state index in [2.05, 4.69) is 6.07 Å². The van der Waals surface area contributed by atoms with Crippen molar-refractivity contribution in [3.8, 4) is 6.07 Å². The summed E-state index contributed by atoms with van der Waals surface area (Å²) in [6.07, 6.45) is 1.99. The Balaban J connectivity index is 2.18. The third-order valence-corrected chi connectivity index (χ3v) is 4.13. The molecule has 2 aromatic carbocycles. The van der Waals surface area contributed by atoms with Gasteiger partial charge in [-0.15, -0.1) is 0 Å². The van der Waals surface area contributed by atoms with E-state index in [1.54, 1.807) is 18.2 Å². The lowest BCUT2D eigenvalue weighted by Crippen LogP contribution is -2.07. The minimum absolute atomic E-state index is 0.0206. The van der Waals surface area contributed by atoms with E-state index in [4.69, 9.17) is 5.26 Å². The number of nitrogens with zero attached hydrogens (tertiary/aromatic N) is 1. The molecule has 0 fully saturated rings. The number of aryl methyl sites for hydroxylation is 1. The number of rotatable bonds is 3. The van der Waals surface area contributed by atoms with Gasteiger partial charge in [0, 0.05) is 12.2 Å². The van der Waals surface area contributed by atoms with Gasteiger partial charge in [-0.2, -0.15) is 5.26 Å². The molecule has 1 aliphatic rings. The van der Waals surface area contributed by atoms with E-state index in [0.29, 0.717) is 17.5 Å². The van der Waals surface area contributed by atoms with Crippen molar-refractivity contribution in [3.05, 3.63) is 70.5 Å². The second kappa shape index (κ2) is 6.13. The maximum atomic E-state index is 14.1.